The summed E-state index contributed by atoms with van der Waals surface area (Å²) < 4.78 is 0. The van der Waals surface area contributed by atoms with Crippen LogP contribution >= 0.6 is 0 Å². The number of carboxylic acid groups (broad SMARTS) is 1. The van der Waals surface area contributed by atoms with E-state index in [2.05, 4.69) is 11.9 Å². The lowest BCUT2D eigenvalue weighted by atomic mass is 9.66. The zero-order chi connectivity index (χ0) is 12.4. The normalized spacial score (nSPS) is 25.9. The third-order valence-electron chi connectivity index (χ3n) is 4.82. The van der Waals surface area contributed by atoms with Crippen molar-refractivity contribution in [1.29, 1.82) is 0 Å². The summed E-state index contributed by atoms with van der Waals surface area (Å²) in [6.45, 7) is 4.23. The summed E-state index contributed by atoms with van der Waals surface area (Å²) >= 11 is 0. The second-order valence-electron chi connectivity index (χ2n) is 5.76. The lowest BCUT2D eigenvalue weighted by Crippen LogP contribution is -2.55. The van der Waals surface area contributed by atoms with E-state index in [1.165, 1.54) is 25.7 Å². The van der Waals surface area contributed by atoms with Gasteiger partial charge in [0.05, 0.1) is 0 Å². The molecule has 1 spiro atoms. The Balaban J connectivity index is 2.01. The molecule has 96 valence electrons. The second-order valence-corrected chi connectivity index (χ2v) is 5.76. The standard InChI is InChI=1S/C14H23NO2/c1-2-11-15-14(12(16)17)9-7-13(8-10-14)5-3-4-6-13/h2,15H,1,3-11H2,(H,16,17). The molecule has 0 heterocycles. The van der Waals surface area contributed by atoms with Crippen LogP contribution in [0.2, 0.25) is 0 Å². The van der Waals surface area contributed by atoms with Crippen LogP contribution in [0.3, 0.4) is 0 Å². The van der Waals surface area contributed by atoms with Crippen LogP contribution in [0.5, 0.6) is 0 Å². The first-order chi connectivity index (χ1) is 8.13. The molecule has 2 fully saturated rings. The molecule has 0 atom stereocenters. The van der Waals surface area contributed by atoms with Crippen LogP contribution < -0.4 is 5.32 Å². The Hall–Kier alpha value is -0.830. The van der Waals surface area contributed by atoms with Crippen LogP contribution in [0.25, 0.3) is 0 Å². The molecular formula is C14H23NO2. The van der Waals surface area contributed by atoms with Crippen LogP contribution in [-0.4, -0.2) is 23.2 Å². The average molecular weight is 237 g/mol. The minimum atomic E-state index is -0.692. The monoisotopic (exact) mass is 237 g/mol. The average Bonchev–Trinajstić information content (AvgIpc) is 2.77. The highest BCUT2D eigenvalue weighted by molar-refractivity contribution is 5.79. The fraction of sp³-hybridized carbons (Fsp3) is 0.786. The molecule has 0 aliphatic heterocycles. The maximum atomic E-state index is 11.5. The van der Waals surface area contributed by atoms with Crippen molar-refractivity contribution in [3.8, 4) is 0 Å². The van der Waals surface area contributed by atoms with Crippen LogP contribution in [0.1, 0.15) is 51.4 Å². The summed E-state index contributed by atoms with van der Waals surface area (Å²) in [5.41, 5.74) is -0.211. The van der Waals surface area contributed by atoms with Gasteiger partial charge in [-0.15, -0.1) is 6.58 Å². The van der Waals surface area contributed by atoms with Gasteiger partial charge in [0.1, 0.15) is 5.54 Å². The van der Waals surface area contributed by atoms with Gasteiger partial charge in [0.25, 0.3) is 0 Å². The smallest absolute Gasteiger partial charge is 0.323 e. The van der Waals surface area contributed by atoms with Gasteiger partial charge in [0, 0.05) is 6.54 Å². The van der Waals surface area contributed by atoms with Crippen molar-refractivity contribution < 1.29 is 9.90 Å². The van der Waals surface area contributed by atoms with Gasteiger partial charge in [-0.3, -0.25) is 10.1 Å². The third-order valence-corrected chi connectivity index (χ3v) is 4.82. The molecule has 0 unspecified atom stereocenters. The highest BCUT2D eigenvalue weighted by atomic mass is 16.4. The Morgan fingerprint density at radius 2 is 1.76 bits per heavy atom. The summed E-state index contributed by atoms with van der Waals surface area (Å²) in [6.07, 6.45) is 10.7. The maximum Gasteiger partial charge on any atom is 0.323 e. The molecule has 0 saturated heterocycles. The summed E-state index contributed by atoms with van der Waals surface area (Å²) in [4.78, 5) is 11.5. The molecule has 0 amide bonds. The van der Waals surface area contributed by atoms with Gasteiger partial charge >= 0.3 is 5.97 Å². The van der Waals surface area contributed by atoms with E-state index in [4.69, 9.17) is 0 Å². The van der Waals surface area contributed by atoms with Crippen molar-refractivity contribution in [1.82, 2.24) is 5.32 Å². The van der Waals surface area contributed by atoms with Crippen molar-refractivity contribution in [2.75, 3.05) is 6.54 Å². The van der Waals surface area contributed by atoms with Crippen molar-refractivity contribution in [3.63, 3.8) is 0 Å². The van der Waals surface area contributed by atoms with E-state index in [1.807, 2.05) is 0 Å². The number of aliphatic carboxylic acids is 1. The van der Waals surface area contributed by atoms with Gasteiger partial charge in [-0.05, 0) is 43.9 Å². The van der Waals surface area contributed by atoms with Crippen LogP contribution in [0.15, 0.2) is 12.7 Å². The van der Waals surface area contributed by atoms with Gasteiger partial charge in [0.15, 0.2) is 0 Å². The Kier molecular flexibility index (Phi) is 3.57. The highest BCUT2D eigenvalue weighted by Crippen LogP contribution is 2.51. The maximum absolute atomic E-state index is 11.5. The summed E-state index contributed by atoms with van der Waals surface area (Å²) in [5, 5.41) is 12.6. The molecule has 3 nitrogen and oxygen atoms in total. The molecule has 2 saturated carbocycles. The molecule has 0 aromatic rings. The predicted molar refractivity (Wildman–Crippen MR) is 67.9 cm³/mol. The number of carbonyl (C=O) groups is 1. The van der Waals surface area contributed by atoms with Crippen molar-refractivity contribution in [3.05, 3.63) is 12.7 Å². The minimum absolute atomic E-state index is 0.481. The number of carboxylic acids is 1. The van der Waals surface area contributed by atoms with Gasteiger partial charge in [-0.25, -0.2) is 0 Å². The summed E-state index contributed by atoms with van der Waals surface area (Å²) in [7, 11) is 0. The number of nitrogens with one attached hydrogen (secondary N) is 1. The van der Waals surface area contributed by atoms with E-state index in [0.717, 1.165) is 25.7 Å². The van der Waals surface area contributed by atoms with Crippen LogP contribution in [0, 0.1) is 5.41 Å². The molecule has 2 aliphatic rings. The van der Waals surface area contributed by atoms with E-state index in [9.17, 15) is 9.90 Å². The molecule has 0 aromatic heterocycles. The summed E-state index contributed by atoms with van der Waals surface area (Å²) in [5.74, 6) is -0.688. The molecular weight excluding hydrogens is 214 g/mol. The van der Waals surface area contributed by atoms with Crippen molar-refractivity contribution in [2.24, 2.45) is 5.41 Å². The van der Waals surface area contributed by atoms with E-state index in [-0.39, 0.29) is 0 Å². The first kappa shape index (κ1) is 12.6. The van der Waals surface area contributed by atoms with E-state index in [1.54, 1.807) is 6.08 Å². The summed E-state index contributed by atoms with van der Waals surface area (Å²) in [6, 6.07) is 0. The predicted octanol–water partition coefficient (Wildman–Crippen LogP) is 2.72. The Bertz CT molecular complexity index is 295. The Morgan fingerprint density at radius 1 is 1.18 bits per heavy atom. The lowest BCUT2D eigenvalue weighted by Gasteiger charge is -2.43. The van der Waals surface area contributed by atoms with E-state index >= 15 is 0 Å². The minimum Gasteiger partial charge on any atom is -0.480 e. The van der Waals surface area contributed by atoms with E-state index < -0.39 is 11.5 Å². The highest BCUT2D eigenvalue weighted by Gasteiger charge is 2.47. The first-order valence-electron chi connectivity index (χ1n) is 6.72. The molecule has 3 heteroatoms. The van der Waals surface area contributed by atoms with Gasteiger partial charge < -0.3 is 5.11 Å². The Labute approximate surface area is 103 Å². The quantitative estimate of drug-likeness (QED) is 0.739. The zero-order valence-corrected chi connectivity index (χ0v) is 10.5. The fourth-order valence-electron chi connectivity index (χ4n) is 3.57. The van der Waals surface area contributed by atoms with Gasteiger partial charge in [0.2, 0.25) is 0 Å². The molecule has 0 bridgehead atoms. The molecule has 17 heavy (non-hydrogen) atoms. The number of hydrogen-bond donors (Lipinski definition) is 2. The van der Waals surface area contributed by atoms with Gasteiger partial charge in [-0.2, -0.15) is 0 Å². The van der Waals surface area contributed by atoms with Crippen LogP contribution in [-0.2, 0) is 4.79 Å². The first-order valence-corrected chi connectivity index (χ1v) is 6.72. The topological polar surface area (TPSA) is 49.3 Å². The molecule has 0 aromatic carbocycles. The SMILES string of the molecule is C=CCNC1(C(=O)O)CCC2(CCCC2)CC1. The van der Waals surface area contributed by atoms with Crippen molar-refractivity contribution in [2.45, 2.75) is 56.9 Å². The van der Waals surface area contributed by atoms with Crippen molar-refractivity contribution >= 4 is 5.97 Å². The molecule has 2 rings (SSSR count). The Morgan fingerprint density at radius 3 is 2.24 bits per heavy atom. The second kappa shape index (κ2) is 4.81. The zero-order valence-electron chi connectivity index (χ0n) is 10.5. The molecule has 2 N–H and O–H groups in total. The molecule has 2 aliphatic carbocycles. The van der Waals surface area contributed by atoms with Gasteiger partial charge in [-0.1, -0.05) is 18.9 Å². The van der Waals surface area contributed by atoms with Crippen LogP contribution in [0.4, 0.5) is 0 Å². The van der Waals surface area contributed by atoms with E-state index in [0.29, 0.717) is 12.0 Å². The number of hydrogen-bond acceptors (Lipinski definition) is 2. The molecule has 0 radical (unpaired) electrons. The largest absolute Gasteiger partial charge is 0.480 e. The lowest BCUT2D eigenvalue weighted by molar-refractivity contribution is -0.147. The fourth-order valence-corrected chi connectivity index (χ4v) is 3.57. The number of rotatable bonds is 4. The third kappa shape index (κ3) is 2.39.